The Kier molecular flexibility index (Phi) is 7.51. The summed E-state index contributed by atoms with van der Waals surface area (Å²) in [5.74, 6) is 2.55. The predicted octanol–water partition coefficient (Wildman–Crippen LogP) is 3.25. The van der Waals surface area contributed by atoms with Crippen LogP contribution in [0.3, 0.4) is 0 Å². The van der Waals surface area contributed by atoms with Gasteiger partial charge in [0.05, 0.1) is 12.2 Å². The van der Waals surface area contributed by atoms with Crippen molar-refractivity contribution in [1.29, 1.82) is 0 Å². The number of anilines is 1. The predicted molar refractivity (Wildman–Crippen MR) is 127 cm³/mol. The van der Waals surface area contributed by atoms with Gasteiger partial charge in [0.2, 0.25) is 5.91 Å². The molecule has 0 aliphatic carbocycles. The molecule has 4 heterocycles. The van der Waals surface area contributed by atoms with Gasteiger partial charge in [0.25, 0.3) is 0 Å². The maximum Gasteiger partial charge on any atom is 0.239 e. The number of nitrogens with one attached hydrogen (secondary N) is 2. The van der Waals surface area contributed by atoms with E-state index < -0.39 is 0 Å². The molecule has 9 nitrogen and oxygen atoms in total. The van der Waals surface area contributed by atoms with Crippen LogP contribution in [0.15, 0.2) is 28.7 Å². The SMILES string of the molecule is Cc1cc(C)n(-c2cc(NC(=O)CNCCCN3CCCCC3)nc(-c3ccc(C)o3)n2)n1. The third-order valence-corrected chi connectivity index (χ3v) is 5.73. The summed E-state index contributed by atoms with van der Waals surface area (Å²) in [5, 5.41) is 10.6. The van der Waals surface area contributed by atoms with Gasteiger partial charge in [-0.25, -0.2) is 14.6 Å². The Labute approximate surface area is 194 Å². The second-order valence-electron chi connectivity index (χ2n) is 8.66. The lowest BCUT2D eigenvalue weighted by Crippen LogP contribution is -2.34. The van der Waals surface area contributed by atoms with Gasteiger partial charge in [0, 0.05) is 11.8 Å². The Morgan fingerprint density at radius 1 is 1.09 bits per heavy atom. The van der Waals surface area contributed by atoms with Crippen molar-refractivity contribution in [3.8, 4) is 17.4 Å². The number of aryl methyl sites for hydroxylation is 3. The molecule has 0 aromatic carbocycles. The topological polar surface area (TPSA) is 101 Å². The van der Waals surface area contributed by atoms with Crippen molar-refractivity contribution < 1.29 is 9.21 Å². The van der Waals surface area contributed by atoms with E-state index in [-0.39, 0.29) is 12.5 Å². The van der Waals surface area contributed by atoms with Crippen LogP contribution in [0, 0.1) is 20.8 Å². The summed E-state index contributed by atoms with van der Waals surface area (Å²) in [6.45, 7) is 10.3. The van der Waals surface area contributed by atoms with Crippen LogP contribution < -0.4 is 10.6 Å². The fraction of sp³-hybridized carbons (Fsp3) is 0.500. The van der Waals surface area contributed by atoms with Gasteiger partial charge in [0.1, 0.15) is 11.6 Å². The van der Waals surface area contributed by atoms with E-state index in [2.05, 4.69) is 30.6 Å². The smallest absolute Gasteiger partial charge is 0.239 e. The van der Waals surface area contributed by atoms with Crippen molar-refractivity contribution in [2.45, 2.75) is 46.5 Å². The first-order chi connectivity index (χ1) is 16.0. The van der Waals surface area contributed by atoms with Crippen LogP contribution in [0.2, 0.25) is 0 Å². The fourth-order valence-corrected chi connectivity index (χ4v) is 4.13. The van der Waals surface area contributed by atoms with E-state index in [1.165, 1.54) is 32.4 Å². The summed E-state index contributed by atoms with van der Waals surface area (Å²) in [7, 11) is 0. The van der Waals surface area contributed by atoms with Gasteiger partial charge >= 0.3 is 0 Å². The summed E-state index contributed by atoms with van der Waals surface area (Å²) in [4.78, 5) is 24.2. The number of amides is 1. The molecule has 1 amide bonds. The first-order valence-corrected chi connectivity index (χ1v) is 11.7. The van der Waals surface area contributed by atoms with Gasteiger partial charge in [-0.15, -0.1) is 0 Å². The molecule has 0 atom stereocenters. The first kappa shape index (κ1) is 23.1. The van der Waals surface area contributed by atoms with E-state index in [1.54, 1.807) is 10.7 Å². The van der Waals surface area contributed by atoms with Crippen LogP contribution in [-0.2, 0) is 4.79 Å². The third-order valence-electron chi connectivity index (χ3n) is 5.73. The van der Waals surface area contributed by atoms with Crippen molar-refractivity contribution in [3.63, 3.8) is 0 Å². The second kappa shape index (κ2) is 10.7. The highest BCUT2D eigenvalue weighted by molar-refractivity contribution is 5.91. The first-order valence-electron chi connectivity index (χ1n) is 11.7. The Balaban J connectivity index is 1.40. The minimum absolute atomic E-state index is 0.146. The van der Waals surface area contributed by atoms with Crippen LogP contribution in [0.4, 0.5) is 5.82 Å². The fourth-order valence-electron chi connectivity index (χ4n) is 4.13. The maximum atomic E-state index is 12.6. The highest BCUT2D eigenvalue weighted by Gasteiger charge is 2.15. The second-order valence-corrected chi connectivity index (χ2v) is 8.66. The summed E-state index contributed by atoms with van der Waals surface area (Å²) >= 11 is 0. The normalized spacial score (nSPS) is 14.5. The number of rotatable bonds is 9. The number of hydrogen-bond donors (Lipinski definition) is 2. The zero-order valence-corrected chi connectivity index (χ0v) is 19.7. The maximum absolute atomic E-state index is 12.6. The van der Waals surface area contributed by atoms with Crippen molar-refractivity contribution >= 4 is 11.7 Å². The van der Waals surface area contributed by atoms with Gasteiger partial charge in [-0.3, -0.25) is 4.79 Å². The summed E-state index contributed by atoms with van der Waals surface area (Å²) < 4.78 is 7.45. The zero-order valence-electron chi connectivity index (χ0n) is 19.7. The van der Waals surface area contributed by atoms with E-state index in [9.17, 15) is 4.79 Å². The molecular weight excluding hydrogens is 418 g/mol. The van der Waals surface area contributed by atoms with Crippen molar-refractivity contribution in [1.82, 2.24) is 30.0 Å². The van der Waals surface area contributed by atoms with Crippen LogP contribution in [-0.4, -0.2) is 63.3 Å². The number of carbonyl (C=O) groups excluding carboxylic acids is 1. The molecule has 4 rings (SSSR count). The standard InChI is InChI=1S/C24H33N7O2/c1-17-14-18(2)31(29-17)22-15-21(27-24(28-22)20-9-8-19(3)33-20)26-23(32)16-25-10-7-13-30-11-5-4-6-12-30/h8-9,14-15,25H,4-7,10-13,16H2,1-3H3,(H,26,27,28,32). The molecular formula is C24H33N7O2. The lowest BCUT2D eigenvalue weighted by Gasteiger charge is -2.26. The van der Waals surface area contributed by atoms with Crippen LogP contribution in [0.5, 0.6) is 0 Å². The molecule has 9 heteroatoms. The summed E-state index contributed by atoms with van der Waals surface area (Å²) in [5.41, 5.74) is 1.83. The number of furan rings is 1. The summed E-state index contributed by atoms with van der Waals surface area (Å²) in [6.07, 6.45) is 4.98. The van der Waals surface area contributed by atoms with Crippen LogP contribution in [0.1, 0.15) is 42.8 Å². The minimum Gasteiger partial charge on any atom is -0.458 e. The Bertz CT molecular complexity index is 1080. The lowest BCUT2D eigenvalue weighted by atomic mass is 10.1. The third kappa shape index (κ3) is 6.27. The van der Waals surface area contributed by atoms with Crippen molar-refractivity contribution in [2.75, 3.05) is 38.0 Å². The molecule has 1 fully saturated rings. The van der Waals surface area contributed by atoms with Crippen LogP contribution >= 0.6 is 0 Å². The Hall–Kier alpha value is -3.04. The van der Waals surface area contributed by atoms with E-state index in [0.717, 1.165) is 36.7 Å². The van der Waals surface area contributed by atoms with Crippen LogP contribution in [0.25, 0.3) is 17.4 Å². The lowest BCUT2D eigenvalue weighted by molar-refractivity contribution is -0.115. The van der Waals surface area contributed by atoms with E-state index in [1.807, 2.05) is 39.0 Å². The quantitative estimate of drug-likeness (QED) is 0.482. The molecule has 33 heavy (non-hydrogen) atoms. The molecule has 1 aliphatic heterocycles. The van der Waals surface area contributed by atoms with Gasteiger partial charge in [0.15, 0.2) is 17.4 Å². The number of likely N-dealkylation sites (tertiary alicyclic amines) is 1. The Morgan fingerprint density at radius 3 is 2.61 bits per heavy atom. The molecule has 0 bridgehead atoms. The van der Waals surface area contributed by atoms with E-state index >= 15 is 0 Å². The van der Waals surface area contributed by atoms with Gasteiger partial charge in [-0.05, 0) is 84.4 Å². The van der Waals surface area contributed by atoms with E-state index in [4.69, 9.17) is 4.42 Å². The molecule has 3 aromatic rings. The van der Waals surface area contributed by atoms with Crippen molar-refractivity contribution in [2.24, 2.45) is 0 Å². The molecule has 0 unspecified atom stereocenters. The number of hydrogen-bond acceptors (Lipinski definition) is 7. The number of aromatic nitrogens is 4. The summed E-state index contributed by atoms with van der Waals surface area (Å²) in [6, 6.07) is 7.39. The van der Waals surface area contributed by atoms with Crippen molar-refractivity contribution in [3.05, 3.63) is 41.4 Å². The average molecular weight is 452 g/mol. The number of nitrogens with zero attached hydrogens (tertiary/aromatic N) is 5. The highest BCUT2D eigenvalue weighted by atomic mass is 16.3. The minimum atomic E-state index is -0.146. The van der Waals surface area contributed by atoms with Gasteiger partial charge < -0.3 is 20.0 Å². The van der Waals surface area contributed by atoms with Gasteiger partial charge in [-0.1, -0.05) is 6.42 Å². The van der Waals surface area contributed by atoms with E-state index in [0.29, 0.717) is 23.2 Å². The molecule has 0 saturated carbocycles. The molecule has 2 N–H and O–H groups in total. The molecule has 0 spiro atoms. The monoisotopic (exact) mass is 451 g/mol. The number of piperidine rings is 1. The molecule has 1 aliphatic rings. The largest absolute Gasteiger partial charge is 0.458 e. The molecule has 1 saturated heterocycles. The highest BCUT2D eigenvalue weighted by Crippen LogP contribution is 2.22. The zero-order chi connectivity index (χ0) is 23.2. The molecule has 0 radical (unpaired) electrons. The number of carbonyl (C=O) groups is 1. The average Bonchev–Trinajstić information content (AvgIpc) is 3.38. The van der Waals surface area contributed by atoms with Gasteiger partial charge in [-0.2, -0.15) is 5.10 Å². The molecule has 3 aromatic heterocycles. The Morgan fingerprint density at radius 2 is 1.91 bits per heavy atom. The molecule has 176 valence electrons.